The van der Waals surface area contributed by atoms with Crippen molar-refractivity contribution in [1.29, 1.82) is 0 Å². The van der Waals surface area contributed by atoms with Crippen LogP contribution in [0.15, 0.2) is 231 Å². The lowest BCUT2D eigenvalue weighted by Crippen LogP contribution is -2.07. The quantitative estimate of drug-likeness (QED) is 0.146. The Bertz CT molecular complexity index is 4460. The molecule has 1 atom stereocenters. The number of hydrogen-bond donors (Lipinski definition) is 0. The van der Waals surface area contributed by atoms with Crippen molar-refractivity contribution < 1.29 is 0 Å². The Morgan fingerprint density at radius 3 is 1.73 bits per heavy atom. The number of rotatable bonds is 6. The van der Waals surface area contributed by atoms with E-state index in [-0.39, 0.29) is 0 Å². The molecule has 2 aromatic heterocycles. The summed E-state index contributed by atoms with van der Waals surface area (Å²) in [6, 6.07) is 77.6. The fraction of sp³-hybridized carbons (Fsp3) is 0.0704. The molecule has 0 fully saturated rings. The van der Waals surface area contributed by atoms with Gasteiger partial charge in [-0.25, -0.2) is 0 Å². The molecule has 344 valence electrons. The molecule has 15 rings (SSSR count). The zero-order valence-corrected chi connectivity index (χ0v) is 41.4. The topological polar surface area (TPSA) is 4.93 Å². The largest absolute Gasteiger partial charge is 0.308 e. The van der Waals surface area contributed by atoms with Crippen LogP contribution in [0.2, 0.25) is 0 Å². The maximum atomic E-state index is 2.60. The second-order valence-electron chi connectivity index (χ2n) is 20.1. The van der Waals surface area contributed by atoms with Gasteiger partial charge in [0.2, 0.25) is 0 Å². The molecule has 2 heterocycles. The van der Waals surface area contributed by atoms with Gasteiger partial charge in [0.1, 0.15) is 0 Å². The first-order valence-corrected chi connectivity index (χ1v) is 26.7. The van der Waals surface area contributed by atoms with Gasteiger partial charge < -0.3 is 4.57 Å². The van der Waals surface area contributed by atoms with Crippen LogP contribution in [-0.2, 0) is 6.42 Å². The van der Waals surface area contributed by atoms with Crippen LogP contribution in [0.1, 0.15) is 36.5 Å². The highest BCUT2D eigenvalue weighted by molar-refractivity contribution is 7.26. The summed E-state index contributed by atoms with van der Waals surface area (Å²) in [6.07, 6.45) is 14.7. The zero-order valence-electron chi connectivity index (χ0n) is 40.6. The van der Waals surface area contributed by atoms with Crippen molar-refractivity contribution in [3.8, 4) is 50.2 Å². The van der Waals surface area contributed by atoms with Crippen molar-refractivity contribution in [3.05, 3.63) is 247 Å². The van der Waals surface area contributed by atoms with Gasteiger partial charge in [0, 0.05) is 47.5 Å². The molecule has 0 spiro atoms. The van der Waals surface area contributed by atoms with Gasteiger partial charge in [0.15, 0.2) is 0 Å². The van der Waals surface area contributed by atoms with Crippen LogP contribution in [0.3, 0.4) is 0 Å². The second kappa shape index (κ2) is 16.8. The highest BCUT2D eigenvalue weighted by atomic mass is 32.1. The Morgan fingerprint density at radius 1 is 0.452 bits per heavy atom. The van der Waals surface area contributed by atoms with Gasteiger partial charge in [-0.05, 0) is 138 Å². The molecule has 0 amide bonds. The number of aromatic nitrogens is 1. The lowest BCUT2D eigenvalue weighted by atomic mass is 9.82. The van der Waals surface area contributed by atoms with Gasteiger partial charge in [0.25, 0.3) is 0 Å². The molecular weight excluding hydrogens is 899 g/mol. The first-order chi connectivity index (χ1) is 36.2. The molecule has 1 unspecified atom stereocenters. The lowest BCUT2D eigenvalue weighted by Gasteiger charge is -2.25. The average molecular weight is 948 g/mol. The van der Waals surface area contributed by atoms with E-state index in [0.717, 1.165) is 19.3 Å². The summed E-state index contributed by atoms with van der Waals surface area (Å²) >= 11 is 1.94. The molecule has 1 nitrogen and oxygen atoms in total. The molecule has 0 N–H and O–H groups in total. The highest BCUT2D eigenvalue weighted by Crippen LogP contribution is 2.52. The van der Waals surface area contributed by atoms with E-state index in [2.05, 4.69) is 248 Å². The number of thiophene rings is 1. The molecule has 13 aromatic rings. The predicted molar refractivity (Wildman–Crippen MR) is 316 cm³/mol. The lowest BCUT2D eigenvalue weighted by molar-refractivity contribution is 0.759. The third kappa shape index (κ3) is 6.47. The van der Waals surface area contributed by atoms with Crippen LogP contribution in [0.5, 0.6) is 0 Å². The fourth-order valence-corrected chi connectivity index (χ4v) is 14.1. The van der Waals surface area contributed by atoms with E-state index in [9.17, 15) is 0 Å². The third-order valence-corrected chi connectivity index (χ3v) is 17.3. The molecular formula is C71H49NS. The normalized spacial score (nSPS) is 14.6. The number of nitrogens with zero attached hydrogens (tertiary/aromatic N) is 1. The summed E-state index contributed by atoms with van der Waals surface area (Å²) in [5, 5.41) is 12.9. The molecule has 0 aliphatic heterocycles. The monoisotopic (exact) mass is 947 g/mol. The van der Waals surface area contributed by atoms with E-state index in [0.29, 0.717) is 5.92 Å². The van der Waals surface area contributed by atoms with E-state index < -0.39 is 0 Å². The Balaban J connectivity index is 0.989. The van der Waals surface area contributed by atoms with Crippen LogP contribution in [0, 0.1) is 5.92 Å². The van der Waals surface area contributed by atoms with Crippen molar-refractivity contribution >= 4 is 97.3 Å². The van der Waals surface area contributed by atoms with Gasteiger partial charge >= 0.3 is 0 Å². The van der Waals surface area contributed by atoms with E-state index in [1.165, 1.54) is 147 Å². The van der Waals surface area contributed by atoms with Crippen molar-refractivity contribution in [1.82, 2.24) is 4.57 Å². The molecule has 2 heteroatoms. The standard InChI is InChI=1S/C71H49NS/c1-44-20-8-9-25-49(44)48-39-41-64-62(43-48)61-42-47(45-21-4-2-5-22-45)38-40-63(61)72(64)70-56-32-16-14-30-54(56)67(55-31-15-17-33-57(55)70)58-34-19-37-65-69(58)60-36-18-35-59(71(60)73-65)68-52-28-12-10-26-50(52)66(46-23-6-3-7-24-46)51-27-11-13-29-53(51)68/h2-14,16-19,21-30,32-44H,15,20,31H2,1H3. The summed E-state index contributed by atoms with van der Waals surface area (Å²) < 4.78 is 5.25. The smallest absolute Gasteiger partial charge is 0.0616 e. The summed E-state index contributed by atoms with van der Waals surface area (Å²) in [7, 11) is 0. The molecule has 0 saturated carbocycles. The van der Waals surface area contributed by atoms with Gasteiger partial charge in [0.05, 0.1) is 16.7 Å². The predicted octanol–water partition coefficient (Wildman–Crippen LogP) is 20.2. The van der Waals surface area contributed by atoms with Crippen LogP contribution < -0.4 is 0 Å². The third-order valence-electron chi connectivity index (χ3n) is 16.1. The highest BCUT2D eigenvalue weighted by Gasteiger charge is 2.27. The molecule has 2 aliphatic carbocycles. The molecule has 11 aromatic carbocycles. The van der Waals surface area contributed by atoms with Crippen LogP contribution in [-0.4, -0.2) is 4.57 Å². The molecule has 0 bridgehead atoms. The minimum atomic E-state index is 0.465. The maximum absolute atomic E-state index is 2.60. The zero-order chi connectivity index (χ0) is 48.1. The van der Waals surface area contributed by atoms with Gasteiger partial charge in [-0.3, -0.25) is 0 Å². The van der Waals surface area contributed by atoms with E-state index in [4.69, 9.17) is 0 Å². The average Bonchev–Trinajstić information content (AvgIpc) is 4.00. The SMILES string of the molecule is CC1CC=CC=C1c1ccc2c(c1)c1cc(-c3ccccc3)ccc1n2-c1c2c(c(-c3cccc4sc5c(-c6c7ccccc7c(-c7ccccc7)c7ccccc67)cccc5c34)c3ccccc13)CCC=C2. The molecule has 73 heavy (non-hydrogen) atoms. The number of allylic oxidation sites excluding steroid dienone is 5. The van der Waals surface area contributed by atoms with Crippen LogP contribution >= 0.6 is 11.3 Å². The first-order valence-electron chi connectivity index (χ1n) is 25.9. The van der Waals surface area contributed by atoms with Gasteiger partial charge in [-0.15, -0.1) is 11.3 Å². The van der Waals surface area contributed by atoms with Crippen molar-refractivity contribution in [3.63, 3.8) is 0 Å². The number of hydrogen-bond acceptors (Lipinski definition) is 1. The minimum absolute atomic E-state index is 0.465. The molecule has 0 saturated heterocycles. The Labute approximate surface area is 428 Å². The van der Waals surface area contributed by atoms with Crippen molar-refractivity contribution in [2.24, 2.45) is 5.92 Å². The first kappa shape index (κ1) is 42.2. The maximum Gasteiger partial charge on any atom is 0.0616 e. The second-order valence-corrected chi connectivity index (χ2v) is 21.2. The summed E-state index contributed by atoms with van der Waals surface area (Å²) in [4.78, 5) is 0. The Morgan fingerprint density at radius 2 is 1.03 bits per heavy atom. The van der Waals surface area contributed by atoms with Gasteiger partial charge in [-0.1, -0.05) is 213 Å². The Hall–Kier alpha value is -8.56. The van der Waals surface area contributed by atoms with E-state index in [1.54, 1.807) is 0 Å². The van der Waals surface area contributed by atoms with Gasteiger partial charge in [-0.2, -0.15) is 0 Å². The summed E-state index contributed by atoms with van der Waals surface area (Å²) in [5.74, 6) is 0.465. The molecule has 0 radical (unpaired) electrons. The fourth-order valence-electron chi connectivity index (χ4n) is 12.9. The summed E-state index contributed by atoms with van der Waals surface area (Å²) in [5.41, 5.74) is 19.4. The van der Waals surface area contributed by atoms with Crippen molar-refractivity contribution in [2.75, 3.05) is 0 Å². The van der Waals surface area contributed by atoms with Crippen LogP contribution in [0.25, 0.3) is 136 Å². The summed E-state index contributed by atoms with van der Waals surface area (Å²) in [6.45, 7) is 2.36. The van der Waals surface area contributed by atoms with E-state index >= 15 is 0 Å². The number of fused-ring (bicyclic) bond motifs is 10. The van der Waals surface area contributed by atoms with Crippen LogP contribution in [0.4, 0.5) is 0 Å². The number of benzene rings is 11. The van der Waals surface area contributed by atoms with Crippen molar-refractivity contribution in [2.45, 2.75) is 26.2 Å². The molecule has 2 aliphatic rings. The Kier molecular flexibility index (Phi) is 9.68. The minimum Gasteiger partial charge on any atom is -0.308 e. The van der Waals surface area contributed by atoms with E-state index in [1.807, 2.05) is 11.3 Å².